The maximum Gasteiger partial charge on any atom is 0.125 e. The van der Waals surface area contributed by atoms with Gasteiger partial charge in [0, 0.05) is 0 Å². The second kappa shape index (κ2) is 4.63. The molecule has 0 fully saturated rings. The van der Waals surface area contributed by atoms with Gasteiger partial charge in [0.05, 0.1) is 18.0 Å². The van der Waals surface area contributed by atoms with Crippen molar-refractivity contribution in [2.45, 2.75) is 26.4 Å². The topological polar surface area (TPSA) is 50.9 Å². The summed E-state index contributed by atoms with van der Waals surface area (Å²) in [6.45, 7) is 3.67. The van der Waals surface area contributed by atoms with E-state index in [4.69, 9.17) is 0 Å². The van der Waals surface area contributed by atoms with Crippen LogP contribution in [0.25, 0.3) is 5.69 Å². The summed E-state index contributed by atoms with van der Waals surface area (Å²) < 4.78 is 14.7. The summed E-state index contributed by atoms with van der Waals surface area (Å²) in [5.41, 5.74) is 1.91. The number of aliphatic hydroxyl groups is 1. The Balaban J connectivity index is 2.36. The number of nitrogens with zero attached hydrogens (tertiary/aromatic N) is 3. The van der Waals surface area contributed by atoms with E-state index in [-0.39, 0.29) is 5.82 Å². The van der Waals surface area contributed by atoms with Crippen molar-refractivity contribution in [3.63, 3.8) is 0 Å². The van der Waals surface area contributed by atoms with Gasteiger partial charge < -0.3 is 5.11 Å². The number of aromatic nitrogens is 3. The van der Waals surface area contributed by atoms with Gasteiger partial charge in [0.1, 0.15) is 11.5 Å². The van der Waals surface area contributed by atoms with Crippen LogP contribution in [0, 0.1) is 12.7 Å². The molecule has 1 atom stereocenters. The molecule has 0 bridgehead atoms. The van der Waals surface area contributed by atoms with Crippen LogP contribution in [-0.2, 0) is 0 Å². The van der Waals surface area contributed by atoms with Crippen molar-refractivity contribution in [3.05, 3.63) is 41.5 Å². The lowest BCUT2D eigenvalue weighted by molar-refractivity contribution is 0.169. The van der Waals surface area contributed by atoms with Crippen LogP contribution in [0.1, 0.15) is 30.7 Å². The maximum absolute atomic E-state index is 13.2. The Morgan fingerprint density at radius 2 is 2.18 bits per heavy atom. The van der Waals surface area contributed by atoms with Crippen LogP contribution in [0.15, 0.2) is 24.4 Å². The van der Waals surface area contributed by atoms with Gasteiger partial charge in [-0.25, -0.2) is 9.07 Å². The summed E-state index contributed by atoms with van der Waals surface area (Å²) in [5.74, 6) is -0.312. The van der Waals surface area contributed by atoms with Crippen LogP contribution in [0.5, 0.6) is 0 Å². The van der Waals surface area contributed by atoms with Gasteiger partial charge >= 0.3 is 0 Å². The van der Waals surface area contributed by atoms with Gasteiger partial charge in [-0.05, 0) is 37.1 Å². The summed E-state index contributed by atoms with van der Waals surface area (Å²) in [6.07, 6.45) is 1.56. The van der Waals surface area contributed by atoms with Crippen LogP contribution in [0.2, 0.25) is 0 Å². The Bertz CT molecular complexity index is 504. The van der Waals surface area contributed by atoms with Crippen LogP contribution in [-0.4, -0.2) is 20.1 Å². The van der Waals surface area contributed by atoms with Crippen molar-refractivity contribution in [2.75, 3.05) is 0 Å². The minimum Gasteiger partial charge on any atom is -0.387 e. The largest absolute Gasteiger partial charge is 0.387 e. The summed E-state index contributed by atoms with van der Waals surface area (Å²) >= 11 is 0. The van der Waals surface area contributed by atoms with Crippen molar-refractivity contribution in [3.8, 4) is 5.69 Å². The number of aryl methyl sites for hydroxylation is 1. The number of benzene rings is 1. The Hall–Kier alpha value is -1.75. The molecule has 1 aromatic heterocycles. The highest BCUT2D eigenvalue weighted by Crippen LogP contribution is 2.16. The maximum atomic E-state index is 13.2. The van der Waals surface area contributed by atoms with Gasteiger partial charge in [-0.1, -0.05) is 12.1 Å². The van der Waals surface area contributed by atoms with Crippen LogP contribution < -0.4 is 0 Å². The lowest BCUT2D eigenvalue weighted by Gasteiger charge is -2.03. The average molecular weight is 235 g/mol. The fourth-order valence-electron chi connectivity index (χ4n) is 1.61. The molecule has 4 nitrogen and oxygen atoms in total. The molecule has 0 saturated carbocycles. The van der Waals surface area contributed by atoms with Crippen molar-refractivity contribution in [1.29, 1.82) is 0 Å². The first-order valence-electron chi connectivity index (χ1n) is 5.48. The molecule has 17 heavy (non-hydrogen) atoms. The molecule has 90 valence electrons. The van der Waals surface area contributed by atoms with Crippen molar-refractivity contribution in [2.24, 2.45) is 0 Å². The summed E-state index contributed by atoms with van der Waals surface area (Å²) in [6, 6.07) is 4.63. The molecule has 0 saturated heterocycles. The number of hydrogen-bond donors (Lipinski definition) is 1. The van der Waals surface area contributed by atoms with Gasteiger partial charge in [-0.2, -0.15) is 0 Å². The highest BCUT2D eigenvalue weighted by molar-refractivity contribution is 5.35. The molecule has 0 aliphatic rings. The van der Waals surface area contributed by atoms with E-state index in [1.807, 2.05) is 13.8 Å². The summed E-state index contributed by atoms with van der Waals surface area (Å²) in [7, 11) is 0. The first kappa shape index (κ1) is 11.7. The van der Waals surface area contributed by atoms with E-state index < -0.39 is 6.10 Å². The van der Waals surface area contributed by atoms with Gasteiger partial charge in [0.25, 0.3) is 0 Å². The van der Waals surface area contributed by atoms with E-state index in [2.05, 4.69) is 10.3 Å². The molecule has 1 aromatic carbocycles. The quantitative estimate of drug-likeness (QED) is 0.886. The standard InChI is InChI=1S/C12H14FN3O/c1-3-12(17)11-7-16(15-14-11)10-5-8(2)4-9(13)6-10/h4-7,12,17H,3H2,1-2H3. The van der Waals surface area contributed by atoms with Crippen LogP contribution >= 0.6 is 0 Å². The Morgan fingerprint density at radius 3 is 2.82 bits per heavy atom. The zero-order valence-electron chi connectivity index (χ0n) is 9.76. The molecule has 1 heterocycles. The van der Waals surface area contributed by atoms with E-state index in [0.29, 0.717) is 17.8 Å². The normalized spacial score (nSPS) is 12.7. The summed E-state index contributed by atoms with van der Waals surface area (Å²) in [4.78, 5) is 0. The highest BCUT2D eigenvalue weighted by atomic mass is 19.1. The third-order valence-corrected chi connectivity index (χ3v) is 2.53. The predicted octanol–water partition coefficient (Wildman–Crippen LogP) is 2.16. The van der Waals surface area contributed by atoms with E-state index in [0.717, 1.165) is 5.56 Å². The van der Waals surface area contributed by atoms with Gasteiger partial charge in [0.2, 0.25) is 0 Å². The van der Waals surface area contributed by atoms with E-state index in [1.54, 1.807) is 12.3 Å². The van der Waals surface area contributed by atoms with E-state index >= 15 is 0 Å². The monoisotopic (exact) mass is 235 g/mol. The number of aliphatic hydroxyl groups excluding tert-OH is 1. The molecule has 0 radical (unpaired) electrons. The zero-order chi connectivity index (χ0) is 12.4. The van der Waals surface area contributed by atoms with Crippen LogP contribution in [0.3, 0.4) is 0 Å². The van der Waals surface area contributed by atoms with E-state index in [1.165, 1.54) is 16.8 Å². The second-order valence-corrected chi connectivity index (χ2v) is 4.00. The van der Waals surface area contributed by atoms with Gasteiger partial charge in [-0.15, -0.1) is 5.10 Å². The fraction of sp³-hybridized carbons (Fsp3) is 0.333. The zero-order valence-corrected chi connectivity index (χ0v) is 9.76. The molecular formula is C12H14FN3O. The lowest BCUT2D eigenvalue weighted by atomic mass is 10.2. The molecule has 0 aliphatic heterocycles. The summed E-state index contributed by atoms with van der Waals surface area (Å²) in [5, 5.41) is 17.3. The molecule has 0 amide bonds. The Kier molecular flexibility index (Phi) is 3.19. The molecule has 0 aliphatic carbocycles. The first-order valence-corrected chi connectivity index (χ1v) is 5.48. The SMILES string of the molecule is CCC(O)c1cn(-c2cc(C)cc(F)c2)nn1. The third kappa shape index (κ3) is 2.50. The van der Waals surface area contributed by atoms with Crippen LogP contribution in [0.4, 0.5) is 4.39 Å². The first-order chi connectivity index (χ1) is 8.10. The third-order valence-electron chi connectivity index (χ3n) is 2.53. The molecular weight excluding hydrogens is 221 g/mol. The molecule has 5 heteroatoms. The molecule has 2 rings (SSSR count). The number of rotatable bonds is 3. The highest BCUT2D eigenvalue weighted by Gasteiger charge is 2.10. The minimum absolute atomic E-state index is 0.312. The fourth-order valence-corrected chi connectivity index (χ4v) is 1.61. The Labute approximate surface area is 98.7 Å². The molecule has 1 unspecified atom stereocenters. The molecule has 1 N–H and O–H groups in total. The van der Waals surface area contributed by atoms with Gasteiger partial charge in [0.15, 0.2) is 0 Å². The predicted molar refractivity (Wildman–Crippen MR) is 61.3 cm³/mol. The number of hydrogen-bond acceptors (Lipinski definition) is 3. The van der Waals surface area contributed by atoms with E-state index in [9.17, 15) is 9.50 Å². The average Bonchev–Trinajstić information content (AvgIpc) is 2.76. The van der Waals surface area contributed by atoms with Crippen molar-refractivity contribution in [1.82, 2.24) is 15.0 Å². The second-order valence-electron chi connectivity index (χ2n) is 4.00. The van der Waals surface area contributed by atoms with Gasteiger partial charge in [-0.3, -0.25) is 0 Å². The molecule has 0 spiro atoms. The lowest BCUT2D eigenvalue weighted by Crippen LogP contribution is -1.96. The smallest absolute Gasteiger partial charge is 0.125 e. The molecule has 2 aromatic rings. The van der Waals surface area contributed by atoms with Crippen molar-refractivity contribution >= 4 is 0 Å². The van der Waals surface area contributed by atoms with Crippen molar-refractivity contribution < 1.29 is 9.50 Å². The minimum atomic E-state index is -0.626. The Morgan fingerprint density at radius 1 is 1.41 bits per heavy atom. The number of halogens is 1.